The minimum absolute atomic E-state index is 0. The van der Waals surface area contributed by atoms with Gasteiger partial charge in [-0.3, -0.25) is 0 Å². The topological polar surface area (TPSA) is 152 Å². The molecule has 0 saturated carbocycles. The number of nitrogens with zero attached hydrogens (tertiary/aromatic N) is 3. The molecule has 0 atom stereocenters. The number of pyridine rings is 1. The van der Waals surface area contributed by atoms with Gasteiger partial charge in [-0.05, 0) is 52.0 Å². The van der Waals surface area contributed by atoms with Crippen molar-refractivity contribution in [2.24, 2.45) is 0 Å². The number of hydrogen-bond acceptors (Lipinski definition) is 7. The second-order valence-corrected chi connectivity index (χ2v) is 9.42. The van der Waals surface area contributed by atoms with Crippen molar-refractivity contribution in [3.05, 3.63) is 11.3 Å². The average molecular weight is 401 g/mol. The van der Waals surface area contributed by atoms with Crippen LogP contribution in [0.15, 0.2) is 5.16 Å². The Hall–Kier alpha value is -1.75. The Morgan fingerprint density at radius 2 is 1.89 bits per heavy atom. The van der Waals surface area contributed by atoms with E-state index in [4.69, 9.17) is 10.5 Å². The molecular formula is C17H28N4O5S. The van der Waals surface area contributed by atoms with Crippen LogP contribution in [-0.2, 0) is 34.0 Å². The number of hydrogen-bond donors (Lipinski definition) is 2. The third-order valence-corrected chi connectivity index (χ3v) is 5.70. The van der Waals surface area contributed by atoms with Crippen LogP contribution in [0.1, 0.15) is 44.9 Å². The Kier molecular flexibility index (Phi) is 6.15. The van der Waals surface area contributed by atoms with Gasteiger partial charge >= 0.3 is 0 Å². The molecule has 0 bridgehead atoms. The van der Waals surface area contributed by atoms with E-state index in [2.05, 4.69) is 9.97 Å². The van der Waals surface area contributed by atoms with Crippen LogP contribution in [0.3, 0.4) is 0 Å². The summed E-state index contributed by atoms with van der Waals surface area (Å²) in [6.45, 7) is 5.29. The van der Waals surface area contributed by atoms with Crippen molar-refractivity contribution in [1.82, 2.24) is 14.5 Å². The first-order chi connectivity index (χ1) is 12.1. The molecular weight excluding hydrogens is 372 g/mol. The van der Waals surface area contributed by atoms with E-state index in [0.717, 1.165) is 36.9 Å². The molecule has 0 fully saturated rings. The summed E-state index contributed by atoms with van der Waals surface area (Å²) in [5.41, 5.74) is 8.42. The van der Waals surface area contributed by atoms with E-state index in [0.29, 0.717) is 11.0 Å². The predicted molar refractivity (Wildman–Crippen MR) is 102 cm³/mol. The first-order valence-electron chi connectivity index (χ1n) is 8.79. The largest absolute Gasteiger partial charge is 0.412 e. The van der Waals surface area contributed by atoms with Crippen LogP contribution in [0.4, 0.5) is 5.82 Å². The molecule has 1 aliphatic carbocycles. The third kappa shape index (κ3) is 4.23. The summed E-state index contributed by atoms with van der Waals surface area (Å²) in [7, 11) is -3.82. The van der Waals surface area contributed by atoms with E-state index in [9.17, 15) is 13.5 Å². The lowest BCUT2D eigenvalue weighted by molar-refractivity contribution is 0.0252. The quantitative estimate of drug-likeness (QED) is 0.745. The molecule has 2 aromatic rings. The Bertz CT molecular complexity index is 931. The SMILES string of the molecule is CC(C)(C)OCS(=O)(=O)c1nc2c(N)nc3c(c2n1CCO)CCCC3.O. The minimum Gasteiger partial charge on any atom is -0.412 e. The molecule has 0 amide bonds. The smallest absolute Gasteiger partial charge is 0.235 e. The first-order valence-corrected chi connectivity index (χ1v) is 10.4. The maximum atomic E-state index is 12.9. The highest BCUT2D eigenvalue weighted by atomic mass is 32.2. The molecule has 9 nitrogen and oxygen atoms in total. The number of aliphatic hydroxyl groups is 1. The number of aliphatic hydroxyl groups excluding tert-OH is 1. The molecule has 0 aliphatic heterocycles. The van der Waals surface area contributed by atoms with Gasteiger partial charge in [-0.15, -0.1) is 0 Å². The number of ether oxygens (including phenoxy) is 1. The summed E-state index contributed by atoms with van der Waals surface area (Å²) in [4.78, 5) is 8.74. The van der Waals surface area contributed by atoms with E-state index in [1.807, 2.05) is 0 Å². The molecule has 5 N–H and O–H groups in total. The minimum atomic E-state index is -3.82. The van der Waals surface area contributed by atoms with Gasteiger partial charge in [0.2, 0.25) is 15.0 Å². The normalized spacial score (nSPS) is 14.8. The van der Waals surface area contributed by atoms with E-state index in [1.165, 1.54) is 0 Å². The average Bonchev–Trinajstić information content (AvgIpc) is 2.94. The lowest BCUT2D eigenvalue weighted by atomic mass is 9.95. The maximum absolute atomic E-state index is 12.9. The number of aromatic nitrogens is 3. The fraction of sp³-hybridized carbons (Fsp3) is 0.647. The fourth-order valence-electron chi connectivity index (χ4n) is 3.23. The molecule has 0 saturated heterocycles. The number of rotatable bonds is 5. The molecule has 1 aliphatic rings. The highest BCUT2D eigenvalue weighted by Gasteiger charge is 2.29. The first kappa shape index (κ1) is 21.5. The predicted octanol–water partition coefficient (Wildman–Crippen LogP) is 0.606. The maximum Gasteiger partial charge on any atom is 0.235 e. The van der Waals surface area contributed by atoms with Crippen molar-refractivity contribution in [3.8, 4) is 0 Å². The fourth-order valence-corrected chi connectivity index (χ4v) is 4.60. The van der Waals surface area contributed by atoms with Crippen molar-refractivity contribution in [2.75, 3.05) is 18.3 Å². The Balaban J connectivity index is 0.00000261. The lowest BCUT2D eigenvalue weighted by Gasteiger charge is -2.20. The number of imidazole rings is 1. The van der Waals surface area contributed by atoms with Gasteiger partial charge in [-0.25, -0.2) is 18.4 Å². The summed E-state index contributed by atoms with van der Waals surface area (Å²) in [6, 6.07) is 0. The monoisotopic (exact) mass is 400 g/mol. The number of nitrogen functional groups attached to an aromatic ring is 1. The van der Waals surface area contributed by atoms with Gasteiger partial charge in [-0.2, -0.15) is 0 Å². The number of nitrogens with two attached hydrogens (primary N) is 1. The van der Waals surface area contributed by atoms with Crippen LogP contribution < -0.4 is 5.73 Å². The third-order valence-electron chi connectivity index (χ3n) is 4.40. The number of anilines is 1. The van der Waals surface area contributed by atoms with E-state index < -0.39 is 21.4 Å². The van der Waals surface area contributed by atoms with Gasteiger partial charge in [0.05, 0.1) is 17.7 Å². The molecule has 3 rings (SSSR count). The molecule has 10 heteroatoms. The molecule has 2 heterocycles. The van der Waals surface area contributed by atoms with Gasteiger partial charge in [0, 0.05) is 12.2 Å². The standard InChI is InChI=1S/C17H26N4O4S.H2O/c1-17(2,3)25-10-26(23,24)16-20-13-14(21(16)8-9-22)11-6-4-5-7-12(11)19-15(13)18;/h22H,4-10H2,1-3H3,(H2,18,19);1H2. The Morgan fingerprint density at radius 3 is 2.52 bits per heavy atom. The summed E-state index contributed by atoms with van der Waals surface area (Å²) in [5, 5.41) is 9.37. The van der Waals surface area contributed by atoms with Crippen LogP contribution in [0.25, 0.3) is 11.0 Å². The zero-order chi connectivity index (χ0) is 19.1. The second-order valence-electron chi connectivity index (χ2n) is 7.59. The zero-order valence-electron chi connectivity index (χ0n) is 15.9. The van der Waals surface area contributed by atoms with Gasteiger partial charge in [0.25, 0.3) is 0 Å². The highest BCUT2D eigenvalue weighted by Crippen LogP contribution is 2.33. The number of fused-ring (bicyclic) bond motifs is 3. The van der Waals surface area contributed by atoms with Gasteiger partial charge < -0.3 is 25.6 Å². The highest BCUT2D eigenvalue weighted by molar-refractivity contribution is 7.91. The van der Waals surface area contributed by atoms with Crippen molar-refractivity contribution in [3.63, 3.8) is 0 Å². The van der Waals surface area contributed by atoms with Crippen LogP contribution in [0, 0.1) is 0 Å². The molecule has 152 valence electrons. The van der Waals surface area contributed by atoms with Crippen LogP contribution >= 0.6 is 0 Å². The molecule has 0 unspecified atom stereocenters. The summed E-state index contributed by atoms with van der Waals surface area (Å²) in [5.74, 6) is -0.258. The summed E-state index contributed by atoms with van der Waals surface area (Å²) < 4.78 is 32.8. The van der Waals surface area contributed by atoms with E-state index in [1.54, 1.807) is 25.3 Å². The molecule has 27 heavy (non-hydrogen) atoms. The Morgan fingerprint density at radius 1 is 1.22 bits per heavy atom. The van der Waals surface area contributed by atoms with Crippen molar-refractivity contribution in [1.29, 1.82) is 0 Å². The molecule has 0 spiro atoms. The summed E-state index contributed by atoms with van der Waals surface area (Å²) >= 11 is 0. The number of sulfone groups is 1. The second kappa shape index (κ2) is 7.70. The summed E-state index contributed by atoms with van der Waals surface area (Å²) in [6.07, 6.45) is 3.65. The van der Waals surface area contributed by atoms with Crippen molar-refractivity contribution < 1.29 is 23.7 Å². The number of aryl methyl sites for hydroxylation is 2. The van der Waals surface area contributed by atoms with Crippen molar-refractivity contribution in [2.45, 2.75) is 63.8 Å². The van der Waals surface area contributed by atoms with E-state index >= 15 is 0 Å². The Labute approximate surface area is 158 Å². The van der Waals surface area contributed by atoms with Crippen LogP contribution in [0.2, 0.25) is 0 Å². The van der Waals surface area contributed by atoms with Gasteiger partial charge in [-0.1, -0.05) is 0 Å². The van der Waals surface area contributed by atoms with Crippen molar-refractivity contribution >= 4 is 26.7 Å². The van der Waals surface area contributed by atoms with Crippen LogP contribution in [-0.4, -0.2) is 51.7 Å². The lowest BCUT2D eigenvalue weighted by Crippen LogP contribution is -2.25. The molecule has 0 aromatic carbocycles. The van der Waals surface area contributed by atoms with Gasteiger partial charge in [0.1, 0.15) is 5.52 Å². The van der Waals surface area contributed by atoms with E-state index in [-0.39, 0.29) is 29.6 Å². The molecule has 2 aromatic heterocycles. The van der Waals surface area contributed by atoms with Crippen LogP contribution in [0.5, 0.6) is 0 Å². The zero-order valence-corrected chi connectivity index (χ0v) is 16.8. The molecule has 0 radical (unpaired) electrons. The van der Waals surface area contributed by atoms with Gasteiger partial charge in [0.15, 0.2) is 11.8 Å².